The molecule has 3 rings (SSSR count). The molecule has 29 heavy (non-hydrogen) atoms. The third kappa shape index (κ3) is 5.19. The lowest BCUT2D eigenvalue weighted by Gasteiger charge is -2.24. The Balaban J connectivity index is 1.87. The number of nitrogens with zero attached hydrogens (tertiary/aromatic N) is 1. The monoisotopic (exact) mass is 426 g/mol. The molecule has 5 nitrogen and oxygen atoms in total. The summed E-state index contributed by atoms with van der Waals surface area (Å²) >= 11 is 1.61. The van der Waals surface area contributed by atoms with Gasteiger partial charge in [0.25, 0.3) is 10.0 Å². The predicted octanol–water partition coefficient (Wildman–Crippen LogP) is 4.55. The Bertz CT molecular complexity index is 1070. The van der Waals surface area contributed by atoms with Gasteiger partial charge in [0.05, 0.1) is 10.6 Å². The van der Waals surface area contributed by atoms with E-state index in [2.05, 4.69) is 5.32 Å². The van der Waals surface area contributed by atoms with Gasteiger partial charge in [-0.25, -0.2) is 8.42 Å². The van der Waals surface area contributed by atoms with Gasteiger partial charge in [-0.15, -0.1) is 11.8 Å². The van der Waals surface area contributed by atoms with Gasteiger partial charge < -0.3 is 5.32 Å². The molecule has 0 atom stereocenters. The van der Waals surface area contributed by atoms with Crippen LogP contribution in [0.25, 0.3) is 0 Å². The first-order valence-electron chi connectivity index (χ1n) is 8.98. The molecule has 0 aromatic heterocycles. The molecule has 0 saturated heterocycles. The smallest absolute Gasteiger partial charge is 0.264 e. The fourth-order valence-corrected chi connectivity index (χ4v) is 4.58. The Morgan fingerprint density at radius 2 is 1.55 bits per heavy atom. The number of thioether (sulfide) groups is 1. The normalized spacial score (nSPS) is 11.1. The van der Waals surface area contributed by atoms with Crippen molar-refractivity contribution in [2.75, 3.05) is 22.4 Å². The summed E-state index contributed by atoms with van der Waals surface area (Å²) in [7, 11) is -3.90. The summed E-state index contributed by atoms with van der Waals surface area (Å²) in [5.74, 6) is -0.415. The molecular formula is C22H22N2O3S2. The summed E-state index contributed by atoms with van der Waals surface area (Å²) in [5.41, 5.74) is 2.01. The second kappa shape index (κ2) is 9.15. The first-order valence-corrected chi connectivity index (χ1v) is 11.6. The average molecular weight is 427 g/mol. The van der Waals surface area contributed by atoms with E-state index in [-0.39, 0.29) is 11.4 Å². The van der Waals surface area contributed by atoms with Crippen LogP contribution in [-0.2, 0) is 14.8 Å². The molecule has 0 fully saturated rings. The molecule has 0 saturated carbocycles. The highest BCUT2D eigenvalue weighted by Gasteiger charge is 2.27. The lowest BCUT2D eigenvalue weighted by atomic mass is 10.2. The van der Waals surface area contributed by atoms with Gasteiger partial charge >= 0.3 is 0 Å². The van der Waals surface area contributed by atoms with Crippen molar-refractivity contribution in [3.05, 3.63) is 84.4 Å². The van der Waals surface area contributed by atoms with E-state index in [1.165, 1.54) is 0 Å². The Morgan fingerprint density at radius 1 is 0.931 bits per heavy atom. The van der Waals surface area contributed by atoms with E-state index < -0.39 is 15.9 Å². The maximum atomic E-state index is 13.3. The Morgan fingerprint density at radius 3 is 2.14 bits per heavy atom. The van der Waals surface area contributed by atoms with Crippen molar-refractivity contribution in [1.29, 1.82) is 0 Å². The van der Waals surface area contributed by atoms with E-state index in [0.717, 1.165) is 14.8 Å². The van der Waals surface area contributed by atoms with Crippen LogP contribution in [0.4, 0.5) is 11.4 Å². The van der Waals surface area contributed by atoms with E-state index in [9.17, 15) is 13.2 Å². The number of carbonyl (C=O) groups is 1. The summed E-state index contributed by atoms with van der Waals surface area (Å²) in [6.07, 6.45) is 1.97. The van der Waals surface area contributed by atoms with Crippen LogP contribution in [0.5, 0.6) is 0 Å². The van der Waals surface area contributed by atoms with Crippen molar-refractivity contribution in [1.82, 2.24) is 0 Å². The van der Waals surface area contributed by atoms with Crippen LogP contribution in [0, 0.1) is 6.92 Å². The van der Waals surface area contributed by atoms with Gasteiger partial charge in [0.2, 0.25) is 5.91 Å². The molecule has 0 heterocycles. The van der Waals surface area contributed by atoms with E-state index >= 15 is 0 Å². The maximum absolute atomic E-state index is 13.3. The zero-order valence-corrected chi connectivity index (χ0v) is 17.8. The molecule has 7 heteroatoms. The average Bonchev–Trinajstić information content (AvgIpc) is 2.73. The largest absolute Gasteiger partial charge is 0.325 e. The topological polar surface area (TPSA) is 66.5 Å². The van der Waals surface area contributed by atoms with Gasteiger partial charge in [0, 0.05) is 10.6 Å². The van der Waals surface area contributed by atoms with Crippen molar-refractivity contribution in [3.8, 4) is 0 Å². The van der Waals surface area contributed by atoms with Gasteiger partial charge in [-0.05, 0) is 61.7 Å². The maximum Gasteiger partial charge on any atom is 0.264 e. The molecule has 1 amide bonds. The first-order chi connectivity index (χ1) is 13.9. The number of hydrogen-bond donors (Lipinski definition) is 1. The number of sulfonamides is 1. The number of benzene rings is 3. The lowest BCUT2D eigenvalue weighted by Crippen LogP contribution is -2.38. The van der Waals surface area contributed by atoms with Gasteiger partial charge in [-0.2, -0.15) is 0 Å². The number of anilines is 2. The number of para-hydroxylation sites is 1. The van der Waals surface area contributed by atoms with Crippen molar-refractivity contribution in [2.24, 2.45) is 0 Å². The van der Waals surface area contributed by atoms with Crippen LogP contribution in [0.1, 0.15) is 5.56 Å². The van der Waals surface area contributed by atoms with Crippen LogP contribution < -0.4 is 9.62 Å². The lowest BCUT2D eigenvalue weighted by molar-refractivity contribution is -0.114. The van der Waals surface area contributed by atoms with Crippen molar-refractivity contribution in [2.45, 2.75) is 16.7 Å². The molecule has 0 aliphatic rings. The zero-order valence-electron chi connectivity index (χ0n) is 16.2. The number of aryl methyl sites for hydroxylation is 1. The predicted molar refractivity (Wildman–Crippen MR) is 119 cm³/mol. The molecule has 3 aromatic rings. The fraction of sp³-hybridized carbons (Fsp3) is 0.136. The molecule has 3 aromatic carbocycles. The van der Waals surface area contributed by atoms with E-state index in [4.69, 9.17) is 0 Å². The highest BCUT2D eigenvalue weighted by atomic mass is 32.2. The van der Waals surface area contributed by atoms with Crippen LogP contribution in [0.2, 0.25) is 0 Å². The summed E-state index contributed by atoms with van der Waals surface area (Å²) in [4.78, 5) is 13.9. The summed E-state index contributed by atoms with van der Waals surface area (Å²) in [6, 6.07) is 22.6. The van der Waals surface area contributed by atoms with Crippen molar-refractivity contribution in [3.63, 3.8) is 0 Å². The van der Waals surface area contributed by atoms with Crippen molar-refractivity contribution < 1.29 is 13.2 Å². The van der Waals surface area contributed by atoms with Crippen LogP contribution in [0.15, 0.2) is 88.7 Å². The molecule has 0 aliphatic carbocycles. The Hall–Kier alpha value is -2.77. The molecule has 0 bridgehead atoms. The van der Waals surface area contributed by atoms with E-state index in [1.54, 1.807) is 78.5 Å². The Labute approximate surface area is 175 Å². The second-order valence-electron chi connectivity index (χ2n) is 6.44. The number of rotatable bonds is 7. The standard InChI is InChI=1S/C22H22N2O3S2/c1-17-8-14-21(15-9-17)29(26,27)24(19-6-4-3-5-7-19)16-22(25)23-18-10-12-20(28-2)13-11-18/h3-15H,16H2,1-2H3,(H,23,25). The molecule has 0 radical (unpaired) electrons. The second-order valence-corrected chi connectivity index (χ2v) is 9.18. The van der Waals surface area contributed by atoms with Gasteiger partial charge in [-0.1, -0.05) is 35.9 Å². The van der Waals surface area contributed by atoms with Crippen LogP contribution >= 0.6 is 11.8 Å². The minimum absolute atomic E-state index is 0.143. The molecule has 0 aliphatic heterocycles. The Kier molecular flexibility index (Phi) is 6.61. The fourth-order valence-electron chi connectivity index (χ4n) is 2.75. The third-order valence-electron chi connectivity index (χ3n) is 4.31. The van der Waals surface area contributed by atoms with Crippen LogP contribution in [0.3, 0.4) is 0 Å². The number of hydrogen-bond acceptors (Lipinski definition) is 4. The quantitative estimate of drug-likeness (QED) is 0.563. The minimum Gasteiger partial charge on any atom is -0.325 e. The summed E-state index contributed by atoms with van der Waals surface area (Å²) in [6.45, 7) is 1.56. The highest BCUT2D eigenvalue weighted by molar-refractivity contribution is 7.98. The van der Waals surface area contributed by atoms with Crippen LogP contribution in [-0.4, -0.2) is 27.1 Å². The molecule has 150 valence electrons. The van der Waals surface area contributed by atoms with Gasteiger partial charge in [0.15, 0.2) is 0 Å². The number of amides is 1. The van der Waals surface area contributed by atoms with Gasteiger partial charge in [0.1, 0.15) is 6.54 Å². The zero-order chi connectivity index (χ0) is 20.9. The SMILES string of the molecule is CSc1ccc(NC(=O)CN(c2ccccc2)S(=O)(=O)c2ccc(C)cc2)cc1. The first kappa shape index (κ1) is 21.0. The molecule has 0 unspecified atom stereocenters. The minimum atomic E-state index is -3.90. The summed E-state index contributed by atoms with van der Waals surface area (Å²) < 4.78 is 27.6. The van der Waals surface area contributed by atoms with Gasteiger partial charge in [-0.3, -0.25) is 9.10 Å². The number of carbonyl (C=O) groups excluding carboxylic acids is 1. The molecule has 1 N–H and O–H groups in total. The van der Waals surface area contributed by atoms with Crippen molar-refractivity contribution >= 4 is 39.1 Å². The summed E-state index contributed by atoms with van der Waals surface area (Å²) in [5, 5.41) is 2.77. The van der Waals surface area contributed by atoms with E-state index in [0.29, 0.717) is 11.4 Å². The third-order valence-corrected chi connectivity index (χ3v) is 6.85. The number of nitrogens with one attached hydrogen (secondary N) is 1. The molecular weight excluding hydrogens is 404 g/mol. The molecule has 0 spiro atoms. The van der Waals surface area contributed by atoms with E-state index in [1.807, 2.05) is 25.3 Å². The highest BCUT2D eigenvalue weighted by Crippen LogP contribution is 2.24.